The normalized spacial score (nSPS) is 34.9. The topological polar surface area (TPSA) is 40.2 Å². The van der Waals surface area contributed by atoms with Crippen molar-refractivity contribution in [1.29, 1.82) is 0 Å². The number of unbranched alkanes of at least 4 members (excludes halogenated alkanes) is 1. The molecule has 5 nitrogen and oxygen atoms in total. The summed E-state index contributed by atoms with van der Waals surface area (Å²) in [6.07, 6.45) is 7.86. The number of fused-ring (bicyclic) bond motifs is 3. The van der Waals surface area contributed by atoms with E-state index in [-0.39, 0.29) is 38.8 Å². The number of rotatable bonds is 9. The zero-order valence-electron chi connectivity index (χ0n) is 24.3. The molecule has 218 valence electrons. The van der Waals surface area contributed by atoms with E-state index in [1.807, 2.05) is 0 Å². The van der Waals surface area contributed by atoms with Gasteiger partial charge in [0, 0.05) is 0 Å². The summed E-state index contributed by atoms with van der Waals surface area (Å²) in [5.74, 6) is 3.75. The van der Waals surface area contributed by atoms with Crippen LogP contribution in [0.2, 0.25) is 0 Å². The molecule has 2 aromatic rings. The first-order chi connectivity index (χ1) is 19.6. The van der Waals surface area contributed by atoms with Gasteiger partial charge in [-0.05, 0) is 0 Å². The van der Waals surface area contributed by atoms with Crippen LogP contribution in [-0.4, -0.2) is 51.6 Å². The Balaban J connectivity index is 1.26. The van der Waals surface area contributed by atoms with Crippen LogP contribution < -0.4 is 9.47 Å². The summed E-state index contributed by atoms with van der Waals surface area (Å²) in [6, 6.07) is 15.4. The zero-order chi connectivity index (χ0) is 27.3. The molecule has 5 aliphatic rings. The van der Waals surface area contributed by atoms with Gasteiger partial charge in [-0.15, -0.1) is 0 Å². The first kappa shape index (κ1) is 27.5. The maximum absolute atomic E-state index is 7.18. The van der Waals surface area contributed by atoms with Gasteiger partial charge in [0.2, 0.25) is 0 Å². The molecule has 40 heavy (non-hydrogen) atoms. The number of nitrogens with zero attached hydrogens (tertiary/aromatic N) is 1. The molecule has 0 radical (unpaired) electrons. The molecule has 5 unspecified atom stereocenters. The summed E-state index contributed by atoms with van der Waals surface area (Å²) in [6.45, 7) is 10.5. The minimum absolute atomic E-state index is 0.0296. The standard InChI is InChI=1S/C34H46INO4/c1-4-5-16-35-33-26-18-27-23(3)36(19-24-12-13-24)17-15-34(27)29-22(2)11-14-28(37-20-25-9-7-6-8-10-25)31(29)40-32(34)30(26)38-21-39-33/h6-11,14,23-24,26-27,30,32-33,35H,4-5,12-13,15-21H2,1-3H3/t23?,26-,27?,30?,32-,33?,34?/m0/s1. The van der Waals surface area contributed by atoms with Gasteiger partial charge >= 0.3 is 245 Å². The van der Waals surface area contributed by atoms with Gasteiger partial charge in [-0.2, -0.15) is 0 Å². The molecule has 2 aromatic carbocycles. The predicted octanol–water partition coefficient (Wildman–Crippen LogP) is 6.92. The quantitative estimate of drug-likeness (QED) is 0.166. The molecule has 2 saturated carbocycles. The predicted molar refractivity (Wildman–Crippen MR) is 168 cm³/mol. The fourth-order valence-electron chi connectivity index (χ4n) is 8.26. The molecule has 2 saturated heterocycles. The van der Waals surface area contributed by atoms with Gasteiger partial charge in [0.05, 0.1) is 0 Å². The van der Waals surface area contributed by atoms with E-state index in [2.05, 4.69) is 68.1 Å². The van der Waals surface area contributed by atoms with Gasteiger partial charge in [0.1, 0.15) is 0 Å². The van der Waals surface area contributed by atoms with Crippen molar-refractivity contribution in [3.05, 3.63) is 59.2 Å². The van der Waals surface area contributed by atoms with E-state index >= 15 is 0 Å². The fraction of sp³-hybridized carbons (Fsp3) is 0.647. The summed E-state index contributed by atoms with van der Waals surface area (Å²) in [7, 11) is 0. The molecule has 3 aliphatic heterocycles. The van der Waals surface area contributed by atoms with E-state index in [4.69, 9.17) is 18.9 Å². The summed E-state index contributed by atoms with van der Waals surface area (Å²) in [5, 5.41) is 0. The number of alkyl halides is 2. The Morgan fingerprint density at radius 3 is 2.75 bits per heavy atom. The van der Waals surface area contributed by atoms with Crippen molar-refractivity contribution in [1.82, 2.24) is 4.90 Å². The molecule has 3 heterocycles. The third-order valence-electron chi connectivity index (χ3n) is 10.5. The average Bonchev–Trinajstić information content (AvgIpc) is 3.72. The van der Waals surface area contributed by atoms with Crippen LogP contribution >= 0.6 is 21.2 Å². The van der Waals surface area contributed by atoms with Crippen molar-refractivity contribution < 1.29 is 18.9 Å². The van der Waals surface area contributed by atoms with Crippen LogP contribution in [-0.2, 0) is 21.5 Å². The van der Waals surface area contributed by atoms with Gasteiger partial charge in [0.25, 0.3) is 0 Å². The van der Waals surface area contributed by atoms with Crippen molar-refractivity contribution >= 4 is 21.2 Å². The van der Waals surface area contributed by atoms with E-state index in [1.54, 1.807) is 0 Å². The Hall–Kier alpha value is -1.35. The molecule has 7 atom stereocenters. The van der Waals surface area contributed by atoms with Gasteiger partial charge in [-0.1, -0.05) is 6.07 Å². The van der Waals surface area contributed by atoms with Crippen molar-refractivity contribution in [2.24, 2.45) is 17.8 Å². The molecular formula is C34H46INO4. The van der Waals surface area contributed by atoms with Crippen LogP contribution in [0.4, 0.5) is 0 Å². The second-order valence-corrected chi connectivity index (χ2v) is 16.3. The third-order valence-corrected chi connectivity index (χ3v) is 14.3. The van der Waals surface area contributed by atoms with Crippen molar-refractivity contribution in [2.45, 2.75) is 93.7 Å². The molecule has 2 aliphatic carbocycles. The summed E-state index contributed by atoms with van der Waals surface area (Å²) in [4.78, 5) is 2.82. The zero-order valence-corrected chi connectivity index (χ0v) is 26.7. The minimum atomic E-state index is -0.236. The van der Waals surface area contributed by atoms with Gasteiger partial charge < -0.3 is 0 Å². The Bertz CT molecular complexity index is 1190. The second kappa shape index (κ2) is 11.4. The number of halogens is 1. The van der Waals surface area contributed by atoms with E-state index in [1.165, 1.54) is 59.8 Å². The van der Waals surface area contributed by atoms with Gasteiger partial charge in [-0.25, -0.2) is 0 Å². The second-order valence-electron chi connectivity index (χ2n) is 12.9. The number of likely N-dealkylation sites (tertiary alicyclic amines) is 1. The molecule has 0 amide bonds. The number of hydrogen-bond acceptors (Lipinski definition) is 5. The average molecular weight is 660 g/mol. The first-order valence-corrected chi connectivity index (χ1v) is 18.7. The van der Waals surface area contributed by atoms with Crippen LogP contribution in [0.15, 0.2) is 42.5 Å². The van der Waals surface area contributed by atoms with Crippen molar-refractivity contribution in [3.63, 3.8) is 0 Å². The Morgan fingerprint density at radius 1 is 1.10 bits per heavy atom. The molecule has 0 aromatic heterocycles. The summed E-state index contributed by atoms with van der Waals surface area (Å²) >= 11 is -0.236. The van der Waals surface area contributed by atoms with E-state index in [9.17, 15) is 0 Å². The number of ether oxygens (including phenoxy) is 4. The molecular weight excluding hydrogens is 613 g/mol. The van der Waals surface area contributed by atoms with Crippen LogP contribution in [0.3, 0.4) is 0 Å². The van der Waals surface area contributed by atoms with Crippen molar-refractivity contribution in [2.75, 3.05) is 24.3 Å². The van der Waals surface area contributed by atoms with Crippen LogP contribution in [0.1, 0.15) is 69.1 Å². The number of benzene rings is 2. The van der Waals surface area contributed by atoms with E-state index in [0.29, 0.717) is 35.4 Å². The first-order valence-electron chi connectivity index (χ1n) is 15.7. The molecule has 4 fully saturated rings. The number of aryl methyl sites for hydroxylation is 1. The van der Waals surface area contributed by atoms with Crippen molar-refractivity contribution in [3.8, 4) is 11.5 Å². The fourth-order valence-corrected chi connectivity index (χ4v) is 12.1. The Morgan fingerprint density at radius 2 is 1.95 bits per heavy atom. The number of piperidine rings is 1. The van der Waals surface area contributed by atoms with Crippen LogP contribution in [0.5, 0.6) is 11.5 Å². The summed E-state index contributed by atoms with van der Waals surface area (Å²) < 4.78 is 28.4. The number of hydrogen-bond donors (Lipinski definition) is 0. The SMILES string of the molecule is CCCC[IH]C1OCOC2[C@@H]1CC1C(C)N(CC3CC3)CCC13c1c(C)ccc(OCc4ccccc4)c1O[C@@H]23. The Labute approximate surface area is 250 Å². The summed E-state index contributed by atoms with van der Waals surface area (Å²) in [5.41, 5.74) is 3.91. The molecule has 0 N–H and O–H groups in total. The third kappa shape index (κ3) is 4.79. The molecule has 1 spiro atoms. The molecule has 0 bridgehead atoms. The van der Waals surface area contributed by atoms with Gasteiger partial charge in [-0.3, -0.25) is 0 Å². The maximum atomic E-state index is 7.18. The monoisotopic (exact) mass is 659 g/mol. The van der Waals surface area contributed by atoms with E-state index in [0.717, 1.165) is 30.4 Å². The molecule has 6 heteroatoms. The Kier molecular flexibility index (Phi) is 7.82. The molecule has 7 rings (SSSR count). The van der Waals surface area contributed by atoms with Crippen LogP contribution in [0.25, 0.3) is 0 Å². The van der Waals surface area contributed by atoms with Crippen LogP contribution in [0, 0.1) is 24.7 Å². The van der Waals surface area contributed by atoms with Gasteiger partial charge in [0.15, 0.2) is 0 Å². The van der Waals surface area contributed by atoms with E-state index < -0.39 is 0 Å².